The fourth-order valence-electron chi connectivity index (χ4n) is 2.30. The number of halogens is 3. The Labute approximate surface area is 92.7 Å². The summed E-state index contributed by atoms with van der Waals surface area (Å²) in [5.41, 5.74) is 0.299. The minimum atomic E-state index is -1.36. The lowest BCUT2D eigenvalue weighted by Crippen LogP contribution is -2.34. The van der Waals surface area contributed by atoms with Gasteiger partial charge in [0.15, 0.2) is 17.5 Å². The predicted octanol–water partition coefficient (Wildman–Crippen LogP) is 2.82. The van der Waals surface area contributed by atoms with E-state index in [1.54, 1.807) is 0 Å². The number of hydrogen-bond acceptors (Lipinski definition) is 1. The number of piperidine rings is 1. The average Bonchev–Trinajstić information content (AvgIpc) is 2.28. The lowest BCUT2D eigenvalue weighted by Gasteiger charge is -2.30. The molecule has 1 nitrogen and oxygen atoms in total. The van der Waals surface area contributed by atoms with E-state index in [4.69, 9.17) is 0 Å². The third kappa shape index (κ3) is 1.94. The molecule has 1 fully saturated rings. The van der Waals surface area contributed by atoms with Crippen LogP contribution in [0.4, 0.5) is 13.2 Å². The first-order valence-corrected chi connectivity index (χ1v) is 5.45. The van der Waals surface area contributed by atoms with Gasteiger partial charge < -0.3 is 5.32 Å². The van der Waals surface area contributed by atoms with Gasteiger partial charge in [0.1, 0.15) is 0 Å². The lowest BCUT2D eigenvalue weighted by molar-refractivity contribution is 0.334. The number of rotatable bonds is 1. The van der Waals surface area contributed by atoms with Crippen LogP contribution in [0.15, 0.2) is 12.1 Å². The molecule has 4 heteroatoms. The largest absolute Gasteiger partial charge is 0.316 e. The highest BCUT2D eigenvalue weighted by Gasteiger charge is 2.27. The van der Waals surface area contributed by atoms with E-state index in [-0.39, 0.29) is 11.8 Å². The van der Waals surface area contributed by atoms with Crippen LogP contribution in [0.5, 0.6) is 0 Å². The Morgan fingerprint density at radius 3 is 2.62 bits per heavy atom. The molecule has 0 radical (unpaired) electrons. The van der Waals surface area contributed by atoms with Gasteiger partial charge in [-0.2, -0.15) is 0 Å². The van der Waals surface area contributed by atoms with Crippen molar-refractivity contribution >= 4 is 0 Å². The lowest BCUT2D eigenvalue weighted by atomic mass is 9.82. The Balaban J connectivity index is 2.36. The minimum absolute atomic E-state index is 0.0312. The van der Waals surface area contributed by atoms with E-state index in [1.807, 2.05) is 6.92 Å². The zero-order valence-corrected chi connectivity index (χ0v) is 9.06. The summed E-state index contributed by atoms with van der Waals surface area (Å²) in [5, 5.41) is 3.19. The van der Waals surface area contributed by atoms with Crippen LogP contribution in [-0.4, -0.2) is 13.1 Å². The van der Waals surface area contributed by atoms with E-state index in [9.17, 15) is 13.2 Å². The molecular formula is C12H14F3N. The smallest absolute Gasteiger partial charge is 0.194 e. The first-order valence-electron chi connectivity index (χ1n) is 5.45. The van der Waals surface area contributed by atoms with Crippen LogP contribution in [0.2, 0.25) is 0 Å². The normalized spacial score (nSPS) is 25.8. The van der Waals surface area contributed by atoms with Gasteiger partial charge in [0.05, 0.1) is 0 Å². The second-order valence-electron chi connectivity index (χ2n) is 4.34. The fourth-order valence-corrected chi connectivity index (χ4v) is 2.30. The first kappa shape index (κ1) is 11.5. The summed E-state index contributed by atoms with van der Waals surface area (Å²) >= 11 is 0. The van der Waals surface area contributed by atoms with Crippen molar-refractivity contribution < 1.29 is 13.2 Å². The molecule has 1 aromatic carbocycles. The predicted molar refractivity (Wildman–Crippen MR) is 55.7 cm³/mol. The maximum absolute atomic E-state index is 13.6. The van der Waals surface area contributed by atoms with Gasteiger partial charge in [-0.1, -0.05) is 13.0 Å². The van der Waals surface area contributed by atoms with Crippen LogP contribution in [0, 0.1) is 23.4 Å². The Morgan fingerprint density at radius 2 is 1.94 bits per heavy atom. The second kappa shape index (κ2) is 4.45. The molecule has 0 saturated carbocycles. The number of benzene rings is 1. The topological polar surface area (TPSA) is 12.0 Å². The SMILES string of the molecule is C[C@H]1CNCC[C@H]1c1ccc(F)c(F)c1F. The zero-order valence-electron chi connectivity index (χ0n) is 9.06. The summed E-state index contributed by atoms with van der Waals surface area (Å²) in [6.07, 6.45) is 0.753. The van der Waals surface area contributed by atoms with Crippen LogP contribution in [0.1, 0.15) is 24.8 Å². The third-order valence-corrected chi connectivity index (χ3v) is 3.25. The van der Waals surface area contributed by atoms with Gasteiger partial charge in [-0.15, -0.1) is 0 Å². The molecule has 0 bridgehead atoms. The van der Waals surface area contributed by atoms with Crippen molar-refractivity contribution in [3.63, 3.8) is 0 Å². The van der Waals surface area contributed by atoms with E-state index >= 15 is 0 Å². The molecule has 1 aliphatic heterocycles. The second-order valence-corrected chi connectivity index (χ2v) is 4.34. The number of hydrogen-bond donors (Lipinski definition) is 1. The van der Waals surface area contributed by atoms with E-state index in [0.717, 1.165) is 25.6 Å². The van der Waals surface area contributed by atoms with Crippen LogP contribution < -0.4 is 5.32 Å². The van der Waals surface area contributed by atoms with Crippen molar-refractivity contribution in [1.82, 2.24) is 5.32 Å². The Hall–Kier alpha value is -1.03. The van der Waals surface area contributed by atoms with Crippen molar-refractivity contribution in [3.8, 4) is 0 Å². The molecule has 1 heterocycles. The standard InChI is InChI=1S/C12H14F3N/c1-7-6-16-5-4-8(7)9-2-3-10(13)12(15)11(9)14/h2-3,7-8,16H,4-6H2,1H3/t7-,8+/m0/s1. The van der Waals surface area contributed by atoms with Crippen LogP contribution in [0.25, 0.3) is 0 Å². The maximum Gasteiger partial charge on any atom is 0.194 e. The molecule has 1 N–H and O–H groups in total. The van der Waals surface area contributed by atoms with E-state index in [2.05, 4.69) is 5.32 Å². The molecule has 0 aliphatic carbocycles. The third-order valence-electron chi connectivity index (χ3n) is 3.25. The minimum Gasteiger partial charge on any atom is -0.316 e. The van der Waals surface area contributed by atoms with Crippen LogP contribution in [-0.2, 0) is 0 Å². The monoisotopic (exact) mass is 229 g/mol. The fraction of sp³-hybridized carbons (Fsp3) is 0.500. The molecule has 2 atom stereocenters. The first-order chi connectivity index (χ1) is 7.61. The average molecular weight is 229 g/mol. The Morgan fingerprint density at radius 1 is 1.19 bits per heavy atom. The van der Waals surface area contributed by atoms with Gasteiger partial charge in [0.25, 0.3) is 0 Å². The Bertz CT molecular complexity index is 392. The highest BCUT2D eigenvalue weighted by molar-refractivity contribution is 5.25. The summed E-state index contributed by atoms with van der Waals surface area (Å²) < 4.78 is 39.5. The van der Waals surface area contributed by atoms with Gasteiger partial charge >= 0.3 is 0 Å². The molecule has 88 valence electrons. The summed E-state index contributed by atoms with van der Waals surface area (Å²) in [5.74, 6) is -3.31. The molecule has 2 rings (SSSR count). The maximum atomic E-state index is 13.6. The van der Waals surface area contributed by atoms with Crippen LogP contribution in [0.3, 0.4) is 0 Å². The van der Waals surface area contributed by atoms with Gasteiger partial charge in [-0.3, -0.25) is 0 Å². The Kier molecular flexibility index (Phi) is 3.19. The van der Waals surface area contributed by atoms with Gasteiger partial charge in [0.2, 0.25) is 0 Å². The van der Waals surface area contributed by atoms with E-state index in [0.29, 0.717) is 5.56 Å². The van der Waals surface area contributed by atoms with Crippen molar-refractivity contribution in [2.24, 2.45) is 5.92 Å². The molecule has 0 amide bonds. The molecule has 1 aliphatic rings. The molecule has 1 saturated heterocycles. The summed E-state index contributed by atoms with van der Waals surface area (Å²) in [4.78, 5) is 0. The van der Waals surface area contributed by atoms with Crippen molar-refractivity contribution in [2.75, 3.05) is 13.1 Å². The van der Waals surface area contributed by atoms with Crippen LogP contribution >= 0.6 is 0 Å². The van der Waals surface area contributed by atoms with Gasteiger partial charge in [0, 0.05) is 0 Å². The highest BCUT2D eigenvalue weighted by Crippen LogP contribution is 2.32. The quantitative estimate of drug-likeness (QED) is 0.730. The van der Waals surface area contributed by atoms with Gasteiger partial charge in [-0.05, 0) is 43.0 Å². The molecular weight excluding hydrogens is 215 g/mol. The molecule has 0 unspecified atom stereocenters. The van der Waals surface area contributed by atoms with E-state index < -0.39 is 17.5 Å². The molecule has 0 aromatic heterocycles. The molecule has 16 heavy (non-hydrogen) atoms. The van der Waals surface area contributed by atoms with Crippen molar-refractivity contribution in [1.29, 1.82) is 0 Å². The summed E-state index contributed by atoms with van der Waals surface area (Å²) in [6, 6.07) is 2.36. The highest BCUT2D eigenvalue weighted by atomic mass is 19.2. The van der Waals surface area contributed by atoms with Crippen molar-refractivity contribution in [2.45, 2.75) is 19.3 Å². The summed E-state index contributed by atoms with van der Waals surface area (Å²) in [7, 11) is 0. The molecule has 1 aromatic rings. The van der Waals surface area contributed by atoms with Crippen molar-refractivity contribution in [3.05, 3.63) is 35.1 Å². The zero-order chi connectivity index (χ0) is 11.7. The van der Waals surface area contributed by atoms with Gasteiger partial charge in [-0.25, -0.2) is 13.2 Å². The number of nitrogens with one attached hydrogen (secondary N) is 1. The molecule has 0 spiro atoms. The van der Waals surface area contributed by atoms with E-state index in [1.165, 1.54) is 6.07 Å². The summed E-state index contributed by atoms with van der Waals surface area (Å²) in [6.45, 7) is 3.55.